The lowest BCUT2D eigenvalue weighted by molar-refractivity contribution is 0.0652. The van der Waals surface area contributed by atoms with E-state index in [0.29, 0.717) is 17.7 Å². The number of aryl methyl sites for hydroxylation is 1. The van der Waals surface area contributed by atoms with Crippen LogP contribution in [0.15, 0.2) is 35.7 Å². The number of hydrogen-bond acceptors (Lipinski definition) is 5. The number of carbonyl (C=O) groups excluding carboxylic acids is 2. The summed E-state index contributed by atoms with van der Waals surface area (Å²) in [6.07, 6.45) is 3.36. The van der Waals surface area contributed by atoms with Gasteiger partial charge < -0.3 is 4.57 Å². The molecule has 1 aromatic carbocycles. The van der Waals surface area contributed by atoms with Crippen molar-refractivity contribution in [3.8, 4) is 0 Å². The molecule has 0 atom stereocenters. The van der Waals surface area contributed by atoms with Crippen molar-refractivity contribution in [2.75, 3.05) is 12.3 Å². The summed E-state index contributed by atoms with van der Waals surface area (Å²) in [6.45, 7) is 0.464. The summed E-state index contributed by atoms with van der Waals surface area (Å²) in [5, 5.41) is 8.70. The molecule has 2 amide bonds. The first-order valence-electron chi connectivity index (χ1n) is 7.10. The first kappa shape index (κ1) is 14.8. The van der Waals surface area contributed by atoms with Gasteiger partial charge in [-0.15, -0.1) is 10.2 Å². The van der Waals surface area contributed by atoms with Crippen LogP contribution in [-0.4, -0.2) is 43.8 Å². The third-order valence-electron chi connectivity index (χ3n) is 3.56. The third-order valence-corrected chi connectivity index (χ3v) is 4.68. The number of nitrogens with zero attached hydrogens (tertiary/aromatic N) is 4. The highest BCUT2D eigenvalue weighted by Gasteiger charge is 2.34. The summed E-state index contributed by atoms with van der Waals surface area (Å²) in [4.78, 5) is 25.7. The van der Waals surface area contributed by atoms with E-state index in [4.69, 9.17) is 0 Å². The monoisotopic (exact) mass is 316 g/mol. The summed E-state index contributed by atoms with van der Waals surface area (Å²) in [5.41, 5.74) is 1.03. The SMILES string of the molecule is Cn1cnnc1SCCCCN1C(=O)c2ccccc2C1=O. The van der Waals surface area contributed by atoms with Gasteiger partial charge in [0, 0.05) is 19.3 Å². The quantitative estimate of drug-likeness (QED) is 0.463. The maximum Gasteiger partial charge on any atom is 0.261 e. The molecule has 0 fully saturated rings. The molecule has 1 aliphatic rings. The molecule has 0 saturated heterocycles. The van der Waals surface area contributed by atoms with Crippen LogP contribution in [0.3, 0.4) is 0 Å². The fourth-order valence-corrected chi connectivity index (χ4v) is 3.27. The molecule has 0 radical (unpaired) electrons. The standard InChI is InChI=1S/C15H16N4O2S/c1-18-10-16-17-15(18)22-9-5-4-8-19-13(20)11-6-2-3-7-12(11)14(19)21/h2-3,6-7,10H,4-5,8-9H2,1H3. The van der Waals surface area contributed by atoms with E-state index in [1.165, 1.54) is 4.90 Å². The minimum atomic E-state index is -0.179. The molecule has 1 aliphatic heterocycles. The number of rotatable bonds is 6. The summed E-state index contributed by atoms with van der Waals surface area (Å²) < 4.78 is 1.87. The molecule has 2 aromatic rings. The number of aromatic nitrogens is 3. The zero-order chi connectivity index (χ0) is 15.5. The molecule has 0 N–H and O–H groups in total. The van der Waals surface area contributed by atoms with Crippen molar-refractivity contribution >= 4 is 23.6 Å². The average Bonchev–Trinajstić information content (AvgIpc) is 3.04. The van der Waals surface area contributed by atoms with E-state index in [9.17, 15) is 9.59 Å². The van der Waals surface area contributed by atoms with Crippen LogP contribution in [0.1, 0.15) is 33.6 Å². The molecule has 0 spiro atoms. The Morgan fingerprint density at radius 2 is 1.77 bits per heavy atom. The number of fused-ring (bicyclic) bond motifs is 1. The number of hydrogen-bond donors (Lipinski definition) is 0. The molecule has 0 bridgehead atoms. The van der Waals surface area contributed by atoms with Gasteiger partial charge in [-0.2, -0.15) is 0 Å². The Bertz CT molecular complexity index is 678. The predicted molar refractivity (Wildman–Crippen MR) is 82.8 cm³/mol. The molecule has 0 aliphatic carbocycles. The van der Waals surface area contributed by atoms with Crippen LogP contribution in [0, 0.1) is 0 Å². The van der Waals surface area contributed by atoms with Gasteiger partial charge in [-0.1, -0.05) is 23.9 Å². The summed E-state index contributed by atoms with van der Waals surface area (Å²) >= 11 is 1.63. The second-order valence-corrected chi connectivity index (χ2v) is 6.15. The third kappa shape index (κ3) is 2.76. The van der Waals surface area contributed by atoms with Crippen LogP contribution in [0.2, 0.25) is 0 Å². The second-order valence-electron chi connectivity index (χ2n) is 5.09. The predicted octanol–water partition coefficient (Wildman–Crippen LogP) is 1.98. The van der Waals surface area contributed by atoms with Crippen molar-refractivity contribution in [1.82, 2.24) is 19.7 Å². The van der Waals surface area contributed by atoms with Crippen LogP contribution in [-0.2, 0) is 7.05 Å². The Labute approximate surface area is 132 Å². The van der Waals surface area contributed by atoms with E-state index in [1.807, 2.05) is 11.6 Å². The van der Waals surface area contributed by atoms with Gasteiger partial charge in [-0.25, -0.2) is 0 Å². The minimum absolute atomic E-state index is 0.179. The van der Waals surface area contributed by atoms with Crippen molar-refractivity contribution in [3.63, 3.8) is 0 Å². The Morgan fingerprint density at radius 3 is 2.36 bits per heavy atom. The topological polar surface area (TPSA) is 68.1 Å². The second kappa shape index (κ2) is 6.31. The van der Waals surface area contributed by atoms with Gasteiger partial charge in [0.05, 0.1) is 11.1 Å². The van der Waals surface area contributed by atoms with E-state index in [1.54, 1.807) is 42.4 Å². The smallest absolute Gasteiger partial charge is 0.261 e. The van der Waals surface area contributed by atoms with Crippen molar-refractivity contribution in [1.29, 1.82) is 0 Å². The van der Waals surface area contributed by atoms with E-state index < -0.39 is 0 Å². The van der Waals surface area contributed by atoms with Gasteiger partial charge in [-0.05, 0) is 25.0 Å². The number of carbonyl (C=O) groups is 2. The molecule has 0 unspecified atom stereocenters. The Morgan fingerprint density at radius 1 is 1.09 bits per heavy atom. The largest absolute Gasteiger partial charge is 0.312 e. The first-order valence-corrected chi connectivity index (χ1v) is 8.09. The summed E-state index contributed by atoms with van der Waals surface area (Å²) in [5.74, 6) is 0.526. The molecule has 0 saturated carbocycles. The van der Waals surface area contributed by atoms with E-state index in [-0.39, 0.29) is 11.8 Å². The molecule has 6 nitrogen and oxygen atoms in total. The number of unbranched alkanes of at least 4 members (excludes halogenated alkanes) is 1. The van der Waals surface area contributed by atoms with Crippen molar-refractivity contribution in [2.24, 2.45) is 7.05 Å². The average molecular weight is 316 g/mol. The Balaban J connectivity index is 1.48. The zero-order valence-electron chi connectivity index (χ0n) is 12.2. The van der Waals surface area contributed by atoms with Gasteiger partial charge in [0.2, 0.25) is 0 Å². The van der Waals surface area contributed by atoms with Crippen molar-refractivity contribution in [3.05, 3.63) is 41.7 Å². The molecular formula is C15H16N4O2S. The Hall–Kier alpha value is -2.15. The molecule has 3 rings (SSSR count). The lowest BCUT2D eigenvalue weighted by Gasteiger charge is -2.13. The molecule has 1 aromatic heterocycles. The number of imide groups is 1. The van der Waals surface area contributed by atoms with E-state index >= 15 is 0 Å². The first-order chi connectivity index (χ1) is 10.7. The molecule has 22 heavy (non-hydrogen) atoms. The van der Waals surface area contributed by atoms with Gasteiger partial charge >= 0.3 is 0 Å². The van der Waals surface area contributed by atoms with Gasteiger partial charge in [-0.3, -0.25) is 14.5 Å². The number of benzene rings is 1. The fourth-order valence-electron chi connectivity index (χ4n) is 2.38. The van der Waals surface area contributed by atoms with Gasteiger partial charge in [0.15, 0.2) is 5.16 Å². The van der Waals surface area contributed by atoms with Crippen LogP contribution in [0.5, 0.6) is 0 Å². The molecule has 114 valence electrons. The lowest BCUT2D eigenvalue weighted by Crippen LogP contribution is -2.30. The highest BCUT2D eigenvalue weighted by Crippen LogP contribution is 2.23. The summed E-state index contributed by atoms with van der Waals surface area (Å²) in [6, 6.07) is 6.98. The number of thioether (sulfide) groups is 1. The molecule has 2 heterocycles. The Kier molecular flexibility index (Phi) is 4.24. The normalized spacial score (nSPS) is 13.8. The molecular weight excluding hydrogens is 300 g/mol. The van der Waals surface area contributed by atoms with Gasteiger partial charge in [0.1, 0.15) is 6.33 Å². The van der Waals surface area contributed by atoms with Crippen LogP contribution >= 0.6 is 11.8 Å². The highest BCUT2D eigenvalue weighted by atomic mass is 32.2. The summed E-state index contributed by atoms with van der Waals surface area (Å²) in [7, 11) is 1.90. The van der Waals surface area contributed by atoms with Crippen molar-refractivity contribution in [2.45, 2.75) is 18.0 Å². The lowest BCUT2D eigenvalue weighted by atomic mass is 10.1. The zero-order valence-corrected chi connectivity index (χ0v) is 13.0. The van der Waals surface area contributed by atoms with E-state index in [0.717, 1.165) is 23.8 Å². The van der Waals surface area contributed by atoms with Crippen LogP contribution in [0.25, 0.3) is 0 Å². The van der Waals surface area contributed by atoms with Crippen molar-refractivity contribution < 1.29 is 9.59 Å². The maximum absolute atomic E-state index is 12.2. The van der Waals surface area contributed by atoms with Crippen LogP contribution in [0.4, 0.5) is 0 Å². The van der Waals surface area contributed by atoms with Gasteiger partial charge in [0.25, 0.3) is 11.8 Å². The van der Waals surface area contributed by atoms with Crippen LogP contribution < -0.4 is 0 Å². The maximum atomic E-state index is 12.2. The minimum Gasteiger partial charge on any atom is -0.312 e. The fraction of sp³-hybridized carbons (Fsp3) is 0.333. The van der Waals surface area contributed by atoms with E-state index in [2.05, 4.69) is 10.2 Å². The highest BCUT2D eigenvalue weighted by molar-refractivity contribution is 7.99. The number of amides is 2. The molecule has 7 heteroatoms.